The van der Waals surface area contributed by atoms with Crippen molar-refractivity contribution in [3.8, 4) is 5.75 Å². The molecule has 27 heavy (non-hydrogen) atoms. The van der Waals surface area contributed by atoms with E-state index in [9.17, 15) is 14.4 Å². The van der Waals surface area contributed by atoms with Crippen molar-refractivity contribution in [3.63, 3.8) is 0 Å². The van der Waals surface area contributed by atoms with Crippen molar-refractivity contribution in [2.24, 2.45) is 0 Å². The van der Waals surface area contributed by atoms with Crippen molar-refractivity contribution < 1.29 is 19.1 Å². The second kappa shape index (κ2) is 8.84. The van der Waals surface area contributed by atoms with Crippen LogP contribution in [0.4, 0.5) is 5.69 Å². The average molecular weight is 367 g/mol. The van der Waals surface area contributed by atoms with Gasteiger partial charge in [-0.1, -0.05) is 24.3 Å². The Kier molecular flexibility index (Phi) is 6.04. The van der Waals surface area contributed by atoms with Crippen LogP contribution in [0.2, 0.25) is 0 Å². The molecule has 0 radical (unpaired) electrons. The molecule has 3 rings (SSSR count). The van der Waals surface area contributed by atoms with Crippen molar-refractivity contribution in [2.75, 3.05) is 18.5 Å². The van der Waals surface area contributed by atoms with E-state index in [-0.39, 0.29) is 31.0 Å². The van der Waals surface area contributed by atoms with Gasteiger partial charge in [-0.2, -0.15) is 0 Å². The first-order valence-electron chi connectivity index (χ1n) is 8.75. The van der Waals surface area contributed by atoms with Crippen LogP contribution < -0.4 is 20.7 Å². The van der Waals surface area contributed by atoms with Gasteiger partial charge in [-0.05, 0) is 43.2 Å². The molecular weight excluding hydrogens is 346 g/mol. The molecule has 0 bridgehead atoms. The monoisotopic (exact) mass is 367 g/mol. The Balaban J connectivity index is 1.42. The fourth-order valence-corrected chi connectivity index (χ4v) is 2.34. The minimum atomic E-state index is -0.397. The van der Waals surface area contributed by atoms with Gasteiger partial charge in [0.05, 0.1) is 6.54 Å². The number of anilines is 1. The molecule has 1 aliphatic rings. The van der Waals surface area contributed by atoms with Gasteiger partial charge in [-0.3, -0.25) is 14.4 Å². The zero-order valence-electron chi connectivity index (χ0n) is 14.7. The zero-order valence-corrected chi connectivity index (χ0v) is 14.7. The van der Waals surface area contributed by atoms with Gasteiger partial charge in [0.25, 0.3) is 11.8 Å². The van der Waals surface area contributed by atoms with Crippen LogP contribution in [0.3, 0.4) is 0 Å². The number of benzene rings is 2. The van der Waals surface area contributed by atoms with Gasteiger partial charge in [-0.15, -0.1) is 0 Å². The lowest BCUT2D eigenvalue weighted by Crippen LogP contribution is -2.35. The maximum absolute atomic E-state index is 12.0. The Hall–Kier alpha value is -3.35. The molecule has 0 atom stereocenters. The fourth-order valence-electron chi connectivity index (χ4n) is 2.34. The van der Waals surface area contributed by atoms with Gasteiger partial charge in [-0.25, -0.2) is 0 Å². The minimum absolute atomic E-state index is 0.153. The van der Waals surface area contributed by atoms with Crippen LogP contribution in [0.1, 0.15) is 23.2 Å². The first kappa shape index (κ1) is 18.4. The molecule has 2 aromatic rings. The largest absolute Gasteiger partial charge is 0.484 e. The lowest BCUT2D eigenvalue weighted by molar-refractivity contribution is -0.125. The van der Waals surface area contributed by atoms with Crippen LogP contribution in [0.15, 0.2) is 54.6 Å². The lowest BCUT2D eigenvalue weighted by Gasteiger charge is -2.09. The molecule has 1 fully saturated rings. The molecule has 7 heteroatoms. The molecule has 0 aliphatic heterocycles. The number of nitrogens with one attached hydrogen (secondary N) is 3. The van der Waals surface area contributed by atoms with Crippen LogP contribution in [0.5, 0.6) is 5.75 Å². The quantitative estimate of drug-likeness (QED) is 0.662. The van der Waals surface area contributed by atoms with E-state index >= 15 is 0 Å². The second-order valence-electron chi connectivity index (χ2n) is 6.26. The Morgan fingerprint density at radius 2 is 1.74 bits per heavy atom. The van der Waals surface area contributed by atoms with Crippen molar-refractivity contribution in [1.29, 1.82) is 0 Å². The summed E-state index contributed by atoms with van der Waals surface area (Å²) in [5, 5.41) is 8.05. The lowest BCUT2D eigenvalue weighted by atomic mass is 10.2. The van der Waals surface area contributed by atoms with Gasteiger partial charge in [0.15, 0.2) is 6.61 Å². The number of hydrogen-bond acceptors (Lipinski definition) is 4. The van der Waals surface area contributed by atoms with E-state index in [4.69, 9.17) is 4.74 Å². The topological polar surface area (TPSA) is 96.5 Å². The van der Waals surface area contributed by atoms with Crippen LogP contribution in [-0.2, 0) is 9.59 Å². The minimum Gasteiger partial charge on any atom is -0.484 e. The van der Waals surface area contributed by atoms with Gasteiger partial charge in [0, 0.05) is 17.3 Å². The van der Waals surface area contributed by atoms with E-state index in [0.717, 1.165) is 12.8 Å². The van der Waals surface area contributed by atoms with Gasteiger partial charge in [0.2, 0.25) is 5.91 Å². The predicted molar refractivity (Wildman–Crippen MR) is 101 cm³/mol. The third-order valence-corrected chi connectivity index (χ3v) is 3.88. The number of para-hydroxylation sites is 1. The Morgan fingerprint density at radius 1 is 0.963 bits per heavy atom. The summed E-state index contributed by atoms with van der Waals surface area (Å²) in [6.45, 7) is -0.358. The molecule has 0 saturated heterocycles. The first-order chi connectivity index (χ1) is 13.1. The molecule has 3 amide bonds. The number of rotatable bonds is 8. The van der Waals surface area contributed by atoms with Gasteiger partial charge >= 0.3 is 0 Å². The predicted octanol–water partition coefficient (Wildman–Crippen LogP) is 1.71. The van der Waals surface area contributed by atoms with Gasteiger partial charge in [0.1, 0.15) is 5.75 Å². The summed E-state index contributed by atoms with van der Waals surface area (Å²) in [6.07, 6.45) is 2.02. The molecular formula is C20H21N3O4. The molecule has 1 aliphatic carbocycles. The maximum atomic E-state index is 12.0. The van der Waals surface area contributed by atoms with Crippen LogP contribution in [0.25, 0.3) is 0 Å². The summed E-state index contributed by atoms with van der Waals surface area (Å²) in [5.41, 5.74) is 0.984. The number of carbonyl (C=O) groups is 3. The summed E-state index contributed by atoms with van der Waals surface area (Å²) in [5.74, 6) is -0.354. The SMILES string of the molecule is O=C(COc1ccccc1)NCC(=O)Nc1cccc(C(=O)NC2CC2)c1. The van der Waals surface area contributed by atoms with Crippen LogP contribution in [0, 0.1) is 0 Å². The third kappa shape index (κ3) is 6.14. The van der Waals surface area contributed by atoms with Crippen molar-refractivity contribution in [3.05, 3.63) is 60.2 Å². The van der Waals surface area contributed by atoms with Crippen LogP contribution >= 0.6 is 0 Å². The van der Waals surface area contributed by atoms with Gasteiger partial charge < -0.3 is 20.7 Å². The maximum Gasteiger partial charge on any atom is 0.258 e. The standard InChI is InChI=1S/C20H21N3O4/c24-18(12-21-19(25)13-27-17-7-2-1-3-8-17)22-16-6-4-5-14(11-16)20(26)23-15-9-10-15/h1-8,11,15H,9-10,12-13H2,(H,21,25)(H,22,24)(H,23,26). The van der Waals surface area contributed by atoms with E-state index in [1.807, 2.05) is 6.07 Å². The van der Waals surface area contributed by atoms with Crippen LogP contribution in [-0.4, -0.2) is 36.9 Å². The molecule has 0 aromatic heterocycles. The Bertz CT molecular complexity index is 819. The number of amides is 3. The van der Waals surface area contributed by atoms with E-state index < -0.39 is 5.91 Å². The third-order valence-electron chi connectivity index (χ3n) is 3.88. The summed E-state index contributed by atoms with van der Waals surface area (Å²) < 4.78 is 5.31. The first-order valence-corrected chi connectivity index (χ1v) is 8.75. The Labute approximate surface area is 157 Å². The van der Waals surface area contributed by atoms with E-state index in [1.54, 1.807) is 48.5 Å². The molecule has 0 heterocycles. The van der Waals surface area contributed by atoms with E-state index in [2.05, 4.69) is 16.0 Å². The average Bonchev–Trinajstić information content (AvgIpc) is 3.50. The fraction of sp³-hybridized carbons (Fsp3) is 0.250. The zero-order chi connectivity index (χ0) is 19.1. The summed E-state index contributed by atoms with van der Waals surface area (Å²) in [4.78, 5) is 35.8. The molecule has 1 saturated carbocycles. The molecule has 0 spiro atoms. The normalized spacial score (nSPS) is 12.7. The van der Waals surface area contributed by atoms with E-state index in [1.165, 1.54) is 0 Å². The highest BCUT2D eigenvalue weighted by Gasteiger charge is 2.23. The van der Waals surface area contributed by atoms with Crippen molar-refractivity contribution in [2.45, 2.75) is 18.9 Å². The highest BCUT2D eigenvalue weighted by molar-refractivity contribution is 5.98. The molecule has 0 unspecified atom stereocenters. The molecule has 140 valence electrons. The second-order valence-corrected chi connectivity index (χ2v) is 6.26. The summed E-state index contributed by atoms with van der Waals surface area (Å²) in [7, 11) is 0. The number of carbonyl (C=O) groups excluding carboxylic acids is 3. The summed E-state index contributed by atoms with van der Waals surface area (Å²) in [6, 6.07) is 15.9. The molecule has 3 N–H and O–H groups in total. The van der Waals surface area contributed by atoms with Crippen molar-refractivity contribution >= 4 is 23.4 Å². The highest BCUT2D eigenvalue weighted by Crippen LogP contribution is 2.20. The molecule has 2 aromatic carbocycles. The Morgan fingerprint density at radius 3 is 2.48 bits per heavy atom. The molecule has 7 nitrogen and oxygen atoms in total. The van der Waals surface area contributed by atoms with E-state index in [0.29, 0.717) is 17.0 Å². The summed E-state index contributed by atoms with van der Waals surface area (Å²) >= 11 is 0. The highest BCUT2D eigenvalue weighted by atomic mass is 16.5. The van der Waals surface area contributed by atoms with Crippen molar-refractivity contribution in [1.82, 2.24) is 10.6 Å². The number of hydrogen-bond donors (Lipinski definition) is 3. The smallest absolute Gasteiger partial charge is 0.258 e. The number of ether oxygens (including phenoxy) is 1.